The fourth-order valence-corrected chi connectivity index (χ4v) is 3.69. The van der Waals surface area contributed by atoms with Crippen molar-refractivity contribution in [2.24, 2.45) is 0 Å². The summed E-state index contributed by atoms with van der Waals surface area (Å²) in [6.07, 6.45) is -0.479. The topological polar surface area (TPSA) is 83.0 Å². The van der Waals surface area contributed by atoms with Crippen molar-refractivity contribution in [2.75, 3.05) is 33.9 Å². The molecule has 0 bridgehead atoms. The number of ether oxygens (including phenoxy) is 5. The van der Waals surface area contributed by atoms with Gasteiger partial charge >= 0.3 is 0 Å². The van der Waals surface area contributed by atoms with E-state index in [0.717, 1.165) is 11.3 Å². The molecule has 0 fully saturated rings. The van der Waals surface area contributed by atoms with Gasteiger partial charge in [-0.2, -0.15) is 0 Å². The molecule has 0 aromatic heterocycles. The van der Waals surface area contributed by atoms with Gasteiger partial charge in [-0.3, -0.25) is 0 Å². The van der Waals surface area contributed by atoms with Crippen LogP contribution in [0.25, 0.3) is 0 Å². The van der Waals surface area contributed by atoms with Crippen molar-refractivity contribution in [2.45, 2.75) is 12.2 Å². The molecule has 3 aromatic carbocycles. The number of aromatic hydroxyl groups is 1. The average molecular weight is 439 g/mol. The molecular formula is C25H28NO6+. The minimum Gasteiger partial charge on any atom is -0.508 e. The highest BCUT2D eigenvalue weighted by Gasteiger charge is 2.34. The summed E-state index contributed by atoms with van der Waals surface area (Å²) in [5, 5.41) is 11.8. The number of fused-ring (bicyclic) bond motifs is 1. The maximum absolute atomic E-state index is 9.64. The van der Waals surface area contributed by atoms with E-state index in [1.165, 1.54) is 0 Å². The van der Waals surface area contributed by atoms with Crippen LogP contribution in [0, 0.1) is 0 Å². The third-order valence-electron chi connectivity index (χ3n) is 5.29. The van der Waals surface area contributed by atoms with Crippen LogP contribution in [-0.4, -0.2) is 45.1 Å². The van der Waals surface area contributed by atoms with E-state index in [-0.39, 0.29) is 18.0 Å². The normalized spacial score (nSPS) is 16.9. The van der Waals surface area contributed by atoms with Crippen molar-refractivity contribution in [1.29, 1.82) is 0 Å². The SMILES string of the molecule is COc1cccc(OC)c1OCC[NH2+]C[C@H]1Oc2ccccc2O[C@@H]1c1ccc(O)cc1. The first-order valence-corrected chi connectivity index (χ1v) is 10.6. The fraction of sp³-hybridized carbons (Fsp3) is 0.280. The number of phenols is 1. The van der Waals surface area contributed by atoms with Gasteiger partial charge in [-0.25, -0.2) is 0 Å². The van der Waals surface area contributed by atoms with Crippen LogP contribution in [0.4, 0.5) is 0 Å². The molecular weight excluding hydrogens is 410 g/mol. The van der Waals surface area contributed by atoms with Gasteiger partial charge in [-0.15, -0.1) is 0 Å². The third-order valence-corrected chi connectivity index (χ3v) is 5.29. The van der Waals surface area contributed by atoms with E-state index < -0.39 is 0 Å². The molecule has 1 aliphatic heterocycles. The highest BCUT2D eigenvalue weighted by Crippen LogP contribution is 2.39. The lowest BCUT2D eigenvalue weighted by Gasteiger charge is -2.33. The predicted molar refractivity (Wildman–Crippen MR) is 119 cm³/mol. The van der Waals surface area contributed by atoms with Crippen molar-refractivity contribution in [3.63, 3.8) is 0 Å². The van der Waals surface area contributed by atoms with Gasteiger partial charge in [0.2, 0.25) is 5.75 Å². The molecule has 1 aliphatic rings. The monoisotopic (exact) mass is 438 g/mol. The lowest BCUT2D eigenvalue weighted by molar-refractivity contribution is -0.662. The number of hydrogen-bond donors (Lipinski definition) is 2. The van der Waals surface area contributed by atoms with Gasteiger partial charge in [-0.05, 0) is 42.0 Å². The van der Waals surface area contributed by atoms with Crippen molar-refractivity contribution < 1.29 is 34.1 Å². The molecule has 0 saturated heterocycles. The second-order valence-electron chi connectivity index (χ2n) is 7.39. The van der Waals surface area contributed by atoms with Crippen LogP contribution in [0.2, 0.25) is 0 Å². The first kappa shape index (κ1) is 21.6. The molecule has 2 atom stereocenters. The Morgan fingerprint density at radius 3 is 2.16 bits per heavy atom. The molecule has 0 amide bonds. The zero-order valence-corrected chi connectivity index (χ0v) is 18.2. The molecule has 3 N–H and O–H groups in total. The lowest BCUT2D eigenvalue weighted by Crippen LogP contribution is -2.88. The van der Waals surface area contributed by atoms with Crippen LogP contribution in [0.3, 0.4) is 0 Å². The minimum absolute atomic E-state index is 0.199. The first-order chi connectivity index (χ1) is 15.7. The average Bonchev–Trinajstić information content (AvgIpc) is 2.83. The van der Waals surface area contributed by atoms with Crippen molar-refractivity contribution in [1.82, 2.24) is 0 Å². The Bertz CT molecular complexity index is 1000. The highest BCUT2D eigenvalue weighted by atomic mass is 16.6. The smallest absolute Gasteiger partial charge is 0.203 e. The lowest BCUT2D eigenvalue weighted by atomic mass is 10.0. The molecule has 7 heteroatoms. The number of phenolic OH excluding ortho intramolecular Hbond substituents is 1. The second-order valence-corrected chi connectivity index (χ2v) is 7.39. The summed E-state index contributed by atoms with van der Waals surface area (Å²) in [6, 6.07) is 20.3. The summed E-state index contributed by atoms with van der Waals surface area (Å²) in [5.41, 5.74) is 0.950. The zero-order valence-electron chi connectivity index (χ0n) is 18.2. The van der Waals surface area contributed by atoms with Gasteiger partial charge in [0.05, 0.1) is 14.2 Å². The molecule has 0 spiro atoms. The minimum atomic E-state index is -0.281. The van der Waals surface area contributed by atoms with E-state index in [4.69, 9.17) is 23.7 Å². The number of benzene rings is 3. The summed E-state index contributed by atoms with van der Waals surface area (Å²) in [5.74, 6) is 3.54. The molecule has 0 aliphatic carbocycles. The van der Waals surface area contributed by atoms with E-state index >= 15 is 0 Å². The van der Waals surface area contributed by atoms with Crippen molar-refractivity contribution >= 4 is 0 Å². The number of rotatable bonds is 9. The van der Waals surface area contributed by atoms with Gasteiger partial charge in [0.1, 0.15) is 25.4 Å². The van der Waals surface area contributed by atoms with E-state index in [2.05, 4.69) is 5.32 Å². The molecule has 0 unspecified atom stereocenters. The number of nitrogens with two attached hydrogens (primary N) is 1. The van der Waals surface area contributed by atoms with Crippen molar-refractivity contribution in [3.8, 4) is 34.5 Å². The van der Waals surface area contributed by atoms with Gasteiger partial charge in [0.25, 0.3) is 0 Å². The standard InChI is InChI=1S/C25H27NO6/c1-28-21-8-5-9-22(29-2)25(21)30-15-14-26-16-23-24(17-10-12-18(27)13-11-17)32-20-7-4-3-6-19(20)31-23/h3-13,23-24,26-27H,14-16H2,1-2H3/p+1/t23-,24-/m1/s1. The molecule has 7 nitrogen and oxygen atoms in total. The van der Waals surface area contributed by atoms with Crippen LogP contribution >= 0.6 is 0 Å². The first-order valence-electron chi connectivity index (χ1n) is 10.6. The van der Waals surface area contributed by atoms with Gasteiger partial charge in [0.15, 0.2) is 35.2 Å². The fourth-order valence-electron chi connectivity index (χ4n) is 3.69. The summed E-state index contributed by atoms with van der Waals surface area (Å²) < 4.78 is 29.2. The number of methoxy groups -OCH3 is 2. The van der Waals surface area contributed by atoms with E-state index in [0.29, 0.717) is 42.7 Å². The van der Waals surface area contributed by atoms with Gasteiger partial charge in [0, 0.05) is 0 Å². The summed E-state index contributed by atoms with van der Waals surface area (Å²) in [4.78, 5) is 0. The van der Waals surface area contributed by atoms with E-state index in [1.54, 1.807) is 26.4 Å². The van der Waals surface area contributed by atoms with Crippen LogP contribution < -0.4 is 29.0 Å². The van der Waals surface area contributed by atoms with Gasteiger partial charge in [-0.1, -0.05) is 30.3 Å². The summed E-state index contributed by atoms with van der Waals surface area (Å²) >= 11 is 0. The third kappa shape index (κ3) is 4.84. The van der Waals surface area contributed by atoms with Crippen LogP contribution in [0.1, 0.15) is 11.7 Å². The molecule has 4 rings (SSSR count). The Morgan fingerprint density at radius 2 is 1.50 bits per heavy atom. The van der Waals surface area contributed by atoms with Crippen LogP contribution in [0.15, 0.2) is 66.7 Å². The largest absolute Gasteiger partial charge is 0.508 e. The quantitative estimate of drug-likeness (QED) is 0.500. The molecule has 0 radical (unpaired) electrons. The van der Waals surface area contributed by atoms with E-state index in [9.17, 15) is 5.11 Å². The number of para-hydroxylation sites is 3. The number of quaternary nitrogens is 1. The summed E-state index contributed by atoms with van der Waals surface area (Å²) in [6.45, 7) is 1.86. The van der Waals surface area contributed by atoms with Crippen molar-refractivity contribution in [3.05, 3.63) is 72.3 Å². The Balaban J connectivity index is 1.38. The molecule has 32 heavy (non-hydrogen) atoms. The zero-order chi connectivity index (χ0) is 22.3. The predicted octanol–water partition coefficient (Wildman–Crippen LogP) is 2.93. The molecule has 1 heterocycles. The number of hydrogen-bond acceptors (Lipinski definition) is 6. The Hall–Kier alpha value is -3.58. The van der Waals surface area contributed by atoms with Crippen LogP contribution in [-0.2, 0) is 0 Å². The molecule has 0 saturated carbocycles. The Morgan fingerprint density at radius 1 is 0.844 bits per heavy atom. The van der Waals surface area contributed by atoms with E-state index in [1.807, 2.05) is 54.6 Å². The maximum atomic E-state index is 9.64. The maximum Gasteiger partial charge on any atom is 0.203 e. The van der Waals surface area contributed by atoms with Crippen LogP contribution in [0.5, 0.6) is 34.5 Å². The van der Waals surface area contributed by atoms with Gasteiger partial charge < -0.3 is 34.1 Å². The summed E-state index contributed by atoms with van der Waals surface area (Å²) in [7, 11) is 3.21. The second kappa shape index (κ2) is 10.2. The molecule has 3 aromatic rings. The Labute approximate surface area is 187 Å². The highest BCUT2D eigenvalue weighted by molar-refractivity contribution is 5.51. The Kier molecular flexibility index (Phi) is 6.87. The molecule has 168 valence electrons.